The lowest BCUT2D eigenvalue weighted by atomic mass is 10.1. The molecule has 1 aliphatic carbocycles. The fourth-order valence-corrected chi connectivity index (χ4v) is 4.06. The van der Waals surface area contributed by atoms with Crippen molar-refractivity contribution in [3.8, 4) is 11.4 Å². The molecule has 0 amide bonds. The number of aromatic nitrogens is 4. The van der Waals surface area contributed by atoms with E-state index in [9.17, 15) is 0 Å². The number of thiophene rings is 1. The summed E-state index contributed by atoms with van der Waals surface area (Å²) in [6, 6.07) is 6.09. The molecule has 0 bridgehead atoms. The normalized spacial score (nSPS) is 24.6. The highest BCUT2D eigenvalue weighted by atomic mass is 32.1. The molecular weight excluding hydrogens is 322 g/mol. The molecule has 0 spiro atoms. The summed E-state index contributed by atoms with van der Waals surface area (Å²) in [7, 11) is 0. The summed E-state index contributed by atoms with van der Waals surface area (Å²) < 4.78 is 7.97. The Balaban J connectivity index is 1.51. The number of hydrogen-bond acceptors (Lipinski definition) is 6. The van der Waals surface area contributed by atoms with Crippen LogP contribution in [0.5, 0.6) is 0 Å². The molecule has 5 rings (SSSR count). The number of rotatable bonds is 3. The fourth-order valence-electron chi connectivity index (χ4n) is 3.42. The first-order chi connectivity index (χ1) is 11.8. The van der Waals surface area contributed by atoms with Gasteiger partial charge in [-0.05, 0) is 49.3 Å². The lowest BCUT2D eigenvalue weighted by molar-refractivity contribution is -0.0274. The van der Waals surface area contributed by atoms with Gasteiger partial charge in [0.15, 0.2) is 11.5 Å². The van der Waals surface area contributed by atoms with Gasteiger partial charge in [-0.25, -0.2) is 0 Å². The molecule has 7 heteroatoms. The van der Waals surface area contributed by atoms with Gasteiger partial charge in [0.2, 0.25) is 0 Å². The molecule has 1 saturated heterocycles. The van der Waals surface area contributed by atoms with E-state index in [1.54, 1.807) is 11.3 Å². The third kappa shape index (κ3) is 2.48. The fraction of sp³-hybridized carbons (Fsp3) is 0.471. The van der Waals surface area contributed by atoms with Gasteiger partial charge in [-0.15, -0.1) is 15.3 Å². The number of fused-ring (bicyclic) bond motifs is 1. The van der Waals surface area contributed by atoms with E-state index in [1.165, 1.54) is 12.8 Å². The number of nitrogens with zero attached hydrogens (tertiary/aromatic N) is 5. The third-order valence-corrected chi connectivity index (χ3v) is 5.47. The Morgan fingerprint density at radius 2 is 2.08 bits per heavy atom. The van der Waals surface area contributed by atoms with Gasteiger partial charge in [-0.2, -0.15) is 15.9 Å². The molecule has 0 N–H and O–H groups in total. The van der Waals surface area contributed by atoms with Crippen molar-refractivity contribution in [2.75, 3.05) is 18.0 Å². The lowest BCUT2D eigenvalue weighted by Gasteiger charge is -2.37. The molecule has 1 saturated carbocycles. The number of ether oxygens (including phenoxy) is 1. The Labute approximate surface area is 144 Å². The molecule has 4 heterocycles. The molecule has 3 aromatic rings. The van der Waals surface area contributed by atoms with Crippen LogP contribution in [0.2, 0.25) is 0 Å². The van der Waals surface area contributed by atoms with Gasteiger partial charge in [-0.3, -0.25) is 0 Å². The summed E-state index contributed by atoms with van der Waals surface area (Å²) in [5, 5.41) is 17.5. The molecule has 124 valence electrons. The molecule has 24 heavy (non-hydrogen) atoms. The van der Waals surface area contributed by atoms with Crippen molar-refractivity contribution in [1.29, 1.82) is 0 Å². The van der Waals surface area contributed by atoms with Crippen LogP contribution in [0.1, 0.15) is 19.8 Å². The smallest absolute Gasteiger partial charge is 0.186 e. The summed E-state index contributed by atoms with van der Waals surface area (Å²) in [5.41, 5.74) is 1.84. The zero-order valence-electron chi connectivity index (χ0n) is 13.5. The van der Waals surface area contributed by atoms with Crippen LogP contribution >= 0.6 is 11.3 Å². The molecule has 0 radical (unpaired) electrons. The van der Waals surface area contributed by atoms with Crippen LogP contribution in [0.4, 0.5) is 5.82 Å². The minimum atomic E-state index is 0.235. The molecule has 2 atom stereocenters. The topological polar surface area (TPSA) is 55.6 Å². The molecule has 0 aromatic carbocycles. The summed E-state index contributed by atoms with van der Waals surface area (Å²) in [6.45, 7) is 3.94. The van der Waals surface area contributed by atoms with Crippen molar-refractivity contribution >= 4 is 22.8 Å². The van der Waals surface area contributed by atoms with Crippen LogP contribution < -0.4 is 4.90 Å². The number of morpholine rings is 1. The predicted molar refractivity (Wildman–Crippen MR) is 93.4 cm³/mol. The van der Waals surface area contributed by atoms with E-state index >= 15 is 0 Å². The maximum Gasteiger partial charge on any atom is 0.186 e. The highest BCUT2D eigenvalue weighted by molar-refractivity contribution is 7.08. The average Bonchev–Trinajstić information content (AvgIpc) is 3.14. The second-order valence-corrected chi connectivity index (χ2v) is 7.50. The van der Waals surface area contributed by atoms with E-state index in [4.69, 9.17) is 9.84 Å². The molecular formula is C17H19N5OS. The highest BCUT2D eigenvalue weighted by Gasteiger charge is 2.37. The van der Waals surface area contributed by atoms with Gasteiger partial charge in [-0.1, -0.05) is 0 Å². The number of hydrogen-bond donors (Lipinski definition) is 0. The Morgan fingerprint density at radius 1 is 1.17 bits per heavy atom. The van der Waals surface area contributed by atoms with Crippen molar-refractivity contribution in [3.63, 3.8) is 0 Å². The van der Waals surface area contributed by atoms with Crippen LogP contribution in [0.15, 0.2) is 29.0 Å². The monoisotopic (exact) mass is 341 g/mol. The first kappa shape index (κ1) is 14.4. The van der Waals surface area contributed by atoms with E-state index in [0.29, 0.717) is 6.10 Å². The maximum absolute atomic E-state index is 6.12. The van der Waals surface area contributed by atoms with Crippen LogP contribution in [-0.2, 0) is 4.74 Å². The van der Waals surface area contributed by atoms with Crippen molar-refractivity contribution in [2.45, 2.75) is 32.0 Å². The van der Waals surface area contributed by atoms with Gasteiger partial charge >= 0.3 is 0 Å². The van der Waals surface area contributed by atoms with E-state index in [0.717, 1.165) is 41.9 Å². The summed E-state index contributed by atoms with van der Waals surface area (Å²) in [5.74, 6) is 2.50. The van der Waals surface area contributed by atoms with Gasteiger partial charge in [0, 0.05) is 24.0 Å². The van der Waals surface area contributed by atoms with Gasteiger partial charge in [0.1, 0.15) is 5.82 Å². The summed E-state index contributed by atoms with van der Waals surface area (Å²) in [6.07, 6.45) is 3.17. The maximum atomic E-state index is 6.12. The molecule has 6 nitrogen and oxygen atoms in total. The lowest BCUT2D eigenvalue weighted by Crippen LogP contribution is -2.48. The van der Waals surface area contributed by atoms with Crippen molar-refractivity contribution in [3.05, 3.63) is 29.0 Å². The quantitative estimate of drug-likeness (QED) is 0.733. The second-order valence-electron chi connectivity index (χ2n) is 6.72. The summed E-state index contributed by atoms with van der Waals surface area (Å²) in [4.78, 5) is 2.34. The first-order valence-electron chi connectivity index (χ1n) is 8.43. The van der Waals surface area contributed by atoms with E-state index < -0.39 is 0 Å². The largest absolute Gasteiger partial charge is 0.371 e. The highest BCUT2D eigenvalue weighted by Crippen LogP contribution is 2.37. The Kier molecular flexibility index (Phi) is 3.31. The summed E-state index contributed by atoms with van der Waals surface area (Å²) >= 11 is 1.65. The zero-order chi connectivity index (χ0) is 16.1. The van der Waals surface area contributed by atoms with E-state index in [2.05, 4.69) is 33.5 Å². The standard InChI is InChI=1S/C17H19N5OS/c1-11-8-21(9-14(23-11)12-2-3-12)16-5-4-15-18-19-17(22(15)20-16)13-6-7-24-10-13/h4-7,10-12,14H,2-3,8-9H2,1H3. The van der Waals surface area contributed by atoms with E-state index in [-0.39, 0.29) is 6.10 Å². The molecule has 2 aliphatic rings. The Bertz CT molecular complexity index is 857. The SMILES string of the molecule is CC1CN(c2ccc3nnc(-c4ccsc4)n3n2)CC(C2CC2)O1. The van der Waals surface area contributed by atoms with Crippen molar-refractivity contribution < 1.29 is 4.74 Å². The van der Waals surface area contributed by atoms with Gasteiger partial charge in [0.05, 0.1) is 12.2 Å². The van der Waals surface area contributed by atoms with Crippen LogP contribution in [0.3, 0.4) is 0 Å². The first-order valence-corrected chi connectivity index (χ1v) is 9.37. The molecule has 3 aromatic heterocycles. The van der Waals surface area contributed by atoms with Gasteiger partial charge in [0.25, 0.3) is 0 Å². The Hall–Kier alpha value is -1.99. The second kappa shape index (κ2) is 5.53. The van der Waals surface area contributed by atoms with Gasteiger partial charge < -0.3 is 9.64 Å². The molecule has 2 unspecified atom stereocenters. The van der Waals surface area contributed by atoms with Crippen molar-refractivity contribution in [1.82, 2.24) is 19.8 Å². The van der Waals surface area contributed by atoms with Crippen LogP contribution in [0, 0.1) is 5.92 Å². The predicted octanol–water partition coefficient (Wildman–Crippen LogP) is 2.86. The molecule has 1 aliphatic heterocycles. The average molecular weight is 341 g/mol. The van der Waals surface area contributed by atoms with Crippen molar-refractivity contribution in [2.24, 2.45) is 5.92 Å². The Morgan fingerprint density at radius 3 is 2.88 bits per heavy atom. The third-order valence-electron chi connectivity index (χ3n) is 4.78. The van der Waals surface area contributed by atoms with E-state index in [1.807, 2.05) is 22.0 Å². The minimum Gasteiger partial charge on any atom is -0.371 e. The van der Waals surface area contributed by atoms with Crippen LogP contribution in [0.25, 0.3) is 17.0 Å². The number of anilines is 1. The van der Waals surface area contributed by atoms with Crippen LogP contribution in [-0.4, -0.2) is 45.1 Å². The minimum absolute atomic E-state index is 0.235. The zero-order valence-corrected chi connectivity index (χ0v) is 14.3. The molecule has 2 fully saturated rings.